The molecule has 0 aliphatic heterocycles. The number of benzene rings is 1. The quantitative estimate of drug-likeness (QED) is 0.354. The monoisotopic (exact) mass is 235 g/mol. The predicted octanol–water partition coefficient (Wildman–Crippen LogP) is 1.87. The van der Waals surface area contributed by atoms with E-state index in [9.17, 15) is 0 Å². The third-order valence-corrected chi connectivity index (χ3v) is 2.49. The summed E-state index contributed by atoms with van der Waals surface area (Å²) in [5.74, 6) is 0.809. The van der Waals surface area contributed by atoms with Crippen LogP contribution in [0.3, 0.4) is 0 Å². The summed E-state index contributed by atoms with van der Waals surface area (Å²) in [4.78, 5) is 2.28. The minimum absolute atomic E-state index is 0.145. The van der Waals surface area contributed by atoms with Crippen LogP contribution in [0.4, 0.5) is 0 Å². The Bertz CT molecular complexity index is 371. The fourth-order valence-electron chi connectivity index (χ4n) is 1.84. The van der Waals surface area contributed by atoms with E-state index < -0.39 is 0 Å². The molecule has 17 heavy (non-hydrogen) atoms. The highest BCUT2D eigenvalue weighted by molar-refractivity contribution is 5.96. The molecule has 0 aromatic heterocycles. The number of amidine groups is 1. The molecule has 1 rings (SSSR count). The fraction of sp³-hybridized carbons (Fsp3) is 0.462. The Morgan fingerprint density at radius 3 is 2.41 bits per heavy atom. The summed E-state index contributed by atoms with van der Waals surface area (Å²) >= 11 is 0. The Hall–Kier alpha value is -1.55. The summed E-state index contributed by atoms with van der Waals surface area (Å²) in [5.41, 5.74) is 7.46. The van der Waals surface area contributed by atoms with Gasteiger partial charge in [0.15, 0.2) is 5.84 Å². The molecule has 0 spiro atoms. The Morgan fingerprint density at radius 2 is 1.94 bits per heavy atom. The highest BCUT2D eigenvalue weighted by atomic mass is 16.4. The molecule has 0 saturated heterocycles. The molecule has 0 aliphatic carbocycles. The van der Waals surface area contributed by atoms with Gasteiger partial charge in [0.2, 0.25) is 0 Å². The zero-order valence-corrected chi connectivity index (χ0v) is 10.7. The molecule has 4 nitrogen and oxygen atoms in total. The van der Waals surface area contributed by atoms with Crippen molar-refractivity contribution in [1.82, 2.24) is 4.90 Å². The molecule has 94 valence electrons. The second kappa shape index (κ2) is 6.25. The second-order valence-electron chi connectivity index (χ2n) is 4.77. The van der Waals surface area contributed by atoms with Crippen molar-refractivity contribution < 1.29 is 5.21 Å². The highest BCUT2D eigenvalue weighted by Gasteiger charge is 2.04. The molecule has 0 heterocycles. The van der Waals surface area contributed by atoms with E-state index in [1.165, 1.54) is 5.56 Å². The average molecular weight is 235 g/mol. The summed E-state index contributed by atoms with van der Waals surface area (Å²) in [5, 5.41) is 11.5. The molecule has 0 fully saturated rings. The number of nitrogens with two attached hydrogens (primary N) is 1. The Balaban J connectivity index is 2.62. The highest BCUT2D eigenvalue weighted by Crippen LogP contribution is 2.08. The lowest BCUT2D eigenvalue weighted by molar-refractivity contribution is 0.288. The summed E-state index contributed by atoms with van der Waals surface area (Å²) in [6.45, 7) is 6.40. The van der Waals surface area contributed by atoms with Crippen molar-refractivity contribution in [3.63, 3.8) is 0 Å². The molecule has 0 atom stereocenters. The lowest BCUT2D eigenvalue weighted by Crippen LogP contribution is -2.22. The summed E-state index contributed by atoms with van der Waals surface area (Å²) < 4.78 is 0. The van der Waals surface area contributed by atoms with Gasteiger partial charge in [-0.2, -0.15) is 0 Å². The van der Waals surface area contributed by atoms with E-state index in [0.29, 0.717) is 5.92 Å². The number of hydrogen-bond donors (Lipinski definition) is 2. The van der Waals surface area contributed by atoms with Gasteiger partial charge in [-0.05, 0) is 18.5 Å². The summed E-state index contributed by atoms with van der Waals surface area (Å²) in [7, 11) is 2.11. The van der Waals surface area contributed by atoms with Gasteiger partial charge in [-0.15, -0.1) is 0 Å². The summed E-state index contributed by atoms with van der Waals surface area (Å²) in [6, 6.07) is 7.75. The van der Waals surface area contributed by atoms with Gasteiger partial charge in [-0.25, -0.2) is 0 Å². The molecule has 0 radical (unpaired) electrons. The van der Waals surface area contributed by atoms with E-state index >= 15 is 0 Å². The minimum atomic E-state index is 0.145. The zero-order chi connectivity index (χ0) is 12.8. The topological polar surface area (TPSA) is 61.8 Å². The van der Waals surface area contributed by atoms with Crippen molar-refractivity contribution in [2.75, 3.05) is 13.6 Å². The molecule has 4 heteroatoms. The van der Waals surface area contributed by atoms with E-state index in [-0.39, 0.29) is 5.84 Å². The smallest absolute Gasteiger partial charge is 0.170 e. The molecule has 1 aromatic carbocycles. The van der Waals surface area contributed by atoms with Crippen LogP contribution in [0.25, 0.3) is 0 Å². The van der Waals surface area contributed by atoms with Gasteiger partial charge < -0.3 is 15.8 Å². The fourth-order valence-corrected chi connectivity index (χ4v) is 1.84. The maximum Gasteiger partial charge on any atom is 0.170 e. The molecule has 1 aromatic rings. The van der Waals surface area contributed by atoms with E-state index in [2.05, 4.69) is 31.0 Å². The van der Waals surface area contributed by atoms with E-state index in [0.717, 1.165) is 18.7 Å². The normalized spacial score (nSPS) is 12.4. The minimum Gasteiger partial charge on any atom is -0.409 e. The molecule has 0 bridgehead atoms. The third-order valence-electron chi connectivity index (χ3n) is 2.49. The van der Waals surface area contributed by atoms with Gasteiger partial charge in [0, 0.05) is 18.7 Å². The van der Waals surface area contributed by atoms with Crippen LogP contribution in [0.1, 0.15) is 25.0 Å². The molecular formula is C13H21N3O. The maximum absolute atomic E-state index is 8.56. The standard InChI is InChI=1S/C13H21N3O/c1-10(2)8-16(3)9-11-4-6-12(7-5-11)13(14)15-17/h4-7,10,17H,8-9H2,1-3H3,(H2,14,15). The second-order valence-corrected chi connectivity index (χ2v) is 4.77. The van der Waals surface area contributed by atoms with E-state index in [1.54, 1.807) is 0 Å². The SMILES string of the molecule is CC(C)CN(C)Cc1ccc(/C(N)=N/O)cc1. The van der Waals surface area contributed by atoms with Crippen LogP contribution in [0.2, 0.25) is 0 Å². The molecule has 3 N–H and O–H groups in total. The average Bonchev–Trinajstić information content (AvgIpc) is 2.28. The van der Waals surface area contributed by atoms with E-state index in [4.69, 9.17) is 10.9 Å². The number of rotatable bonds is 5. The van der Waals surface area contributed by atoms with Crippen molar-refractivity contribution in [3.8, 4) is 0 Å². The predicted molar refractivity (Wildman–Crippen MR) is 70.1 cm³/mol. The first-order valence-corrected chi connectivity index (χ1v) is 5.78. The maximum atomic E-state index is 8.56. The van der Waals surface area contributed by atoms with Gasteiger partial charge in [0.05, 0.1) is 0 Å². The van der Waals surface area contributed by atoms with Gasteiger partial charge in [0.1, 0.15) is 0 Å². The molecule has 0 saturated carbocycles. The van der Waals surface area contributed by atoms with Crippen molar-refractivity contribution in [3.05, 3.63) is 35.4 Å². The van der Waals surface area contributed by atoms with Crippen LogP contribution in [0.15, 0.2) is 29.4 Å². The molecule has 0 aliphatic rings. The molecular weight excluding hydrogens is 214 g/mol. The van der Waals surface area contributed by atoms with Crippen molar-refractivity contribution in [1.29, 1.82) is 0 Å². The zero-order valence-electron chi connectivity index (χ0n) is 10.7. The van der Waals surface area contributed by atoms with Gasteiger partial charge >= 0.3 is 0 Å². The number of hydrogen-bond acceptors (Lipinski definition) is 3. The third kappa shape index (κ3) is 4.44. The Labute approximate surface area is 103 Å². The van der Waals surface area contributed by atoms with Gasteiger partial charge in [-0.1, -0.05) is 43.3 Å². The lowest BCUT2D eigenvalue weighted by atomic mass is 10.1. The van der Waals surface area contributed by atoms with Crippen molar-refractivity contribution in [2.45, 2.75) is 20.4 Å². The Kier molecular flexibility index (Phi) is 4.97. The van der Waals surface area contributed by atoms with Gasteiger partial charge in [-0.3, -0.25) is 0 Å². The lowest BCUT2D eigenvalue weighted by Gasteiger charge is -2.18. The first-order valence-electron chi connectivity index (χ1n) is 5.78. The number of nitrogens with zero attached hydrogens (tertiary/aromatic N) is 2. The summed E-state index contributed by atoms with van der Waals surface area (Å²) in [6.07, 6.45) is 0. The Morgan fingerprint density at radius 1 is 1.35 bits per heavy atom. The van der Waals surface area contributed by atoms with Crippen LogP contribution in [-0.4, -0.2) is 29.5 Å². The van der Waals surface area contributed by atoms with E-state index in [1.807, 2.05) is 24.3 Å². The van der Waals surface area contributed by atoms with Crippen LogP contribution in [0, 0.1) is 5.92 Å². The first-order chi connectivity index (χ1) is 8.02. The van der Waals surface area contributed by atoms with Gasteiger partial charge in [0.25, 0.3) is 0 Å². The first kappa shape index (κ1) is 13.5. The number of oxime groups is 1. The van der Waals surface area contributed by atoms with Crippen LogP contribution >= 0.6 is 0 Å². The van der Waals surface area contributed by atoms with Crippen LogP contribution in [-0.2, 0) is 6.54 Å². The molecule has 0 amide bonds. The van der Waals surface area contributed by atoms with Crippen LogP contribution in [0.5, 0.6) is 0 Å². The largest absolute Gasteiger partial charge is 0.409 e. The molecule has 0 unspecified atom stereocenters. The van der Waals surface area contributed by atoms with Crippen molar-refractivity contribution in [2.24, 2.45) is 16.8 Å². The van der Waals surface area contributed by atoms with Crippen molar-refractivity contribution >= 4 is 5.84 Å². The van der Waals surface area contributed by atoms with Crippen LogP contribution < -0.4 is 5.73 Å².